The molecule has 1 aliphatic rings. The van der Waals surface area contributed by atoms with Crippen LogP contribution in [0, 0.1) is 17.6 Å². The number of rotatable bonds is 7. The minimum absolute atomic E-state index is 0.0601. The van der Waals surface area contributed by atoms with E-state index < -0.39 is 11.6 Å². The lowest BCUT2D eigenvalue weighted by Gasteiger charge is -2.27. The van der Waals surface area contributed by atoms with Gasteiger partial charge in [-0.1, -0.05) is 18.2 Å². The molecular formula is C22H24F2O3. The molecule has 0 saturated carbocycles. The quantitative estimate of drug-likeness (QED) is 0.591. The van der Waals surface area contributed by atoms with Gasteiger partial charge in [-0.2, -0.15) is 4.39 Å². The highest BCUT2D eigenvalue weighted by atomic mass is 19.2. The molecule has 3 nitrogen and oxygen atoms in total. The van der Waals surface area contributed by atoms with Crippen LogP contribution in [0.5, 0.6) is 11.5 Å². The molecular weight excluding hydrogens is 350 g/mol. The van der Waals surface area contributed by atoms with E-state index in [9.17, 15) is 8.78 Å². The van der Waals surface area contributed by atoms with Gasteiger partial charge in [0.1, 0.15) is 12.4 Å². The molecule has 1 fully saturated rings. The summed E-state index contributed by atoms with van der Waals surface area (Å²) in [4.78, 5) is 0. The second kappa shape index (κ2) is 9.00. The van der Waals surface area contributed by atoms with Crippen LogP contribution in [0.2, 0.25) is 0 Å². The third-order valence-corrected chi connectivity index (χ3v) is 4.72. The Morgan fingerprint density at radius 2 is 1.85 bits per heavy atom. The van der Waals surface area contributed by atoms with E-state index in [0.29, 0.717) is 18.3 Å². The van der Waals surface area contributed by atoms with Gasteiger partial charge in [0.2, 0.25) is 5.82 Å². The first kappa shape index (κ1) is 19.4. The van der Waals surface area contributed by atoms with Crippen LogP contribution >= 0.6 is 0 Å². The lowest BCUT2D eigenvalue weighted by atomic mass is 9.95. The number of halogens is 2. The molecule has 1 heterocycles. The van der Waals surface area contributed by atoms with Crippen LogP contribution in [-0.4, -0.2) is 13.2 Å². The summed E-state index contributed by atoms with van der Waals surface area (Å²) < 4.78 is 44.5. The highest BCUT2D eigenvalue weighted by molar-refractivity contribution is 5.32. The van der Waals surface area contributed by atoms with E-state index in [4.69, 9.17) is 14.2 Å². The van der Waals surface area contributed by atoms with Gasteiger partial charge in [-0.05, 0) is 49.6 Å². The largest absolute Gasteiger partial charge is 0.491 e. The Morgan fingerprint density at radius 1 is 1.07 bits per heavy atom. The monoisotopic (exact) mass is 374 g/mol. The van der Waals surface area contributed by atoms with Gasteiger partial charge in [-0.25, -0.2) is 4.39 Å². The fourth-order valence-corrected chi connectivity index (χ4v) is 3.11. The Morgan fingerprint density at radius 3 is 2.48 bits per heavy atom. The minimum Gasteiger partial charge on any atom is -0.491 e. The maximum atomic E-state index is 14.1. The van der Waals surface area contributed by atoms with Crippen LogP contribution in [0.1, 0.15) is 37.0 Å². The van der Waals surface area contributed by atoms with Crippen molar-refractivity contribution in [2.75, 3.05) is 13.2 Å². The molecule has 0 bridgehead atoms. The Labute approximate surface area is 158 Å². The van der Waals surface area contributed by atoms with E-state index in [-0.39, 0.29) is 30.6 Å². The van der Waals surface area contributed by atoms with Crippen LogP contribution in [0.3, 0.4) is 0 Å². The Hall–Kier alpha value is -2.40. The molecule has 0 aromatic heterocycles. The zero-order chi connectivity index (χ0) is 19.2. The zero-order valence-electron chi connectivity index (χ0n) is 15.4. The van der Waals surface area contributed by atoms with E-state index in [1.54, 1.807) is 6.92 Å². The number of hydrogen-bond acceptors (Lipinski definition) is 3. The van der Waals surface area contributed by atoms with Crippen molar-refractivity contribution in [3.8, 4) is 11.5 Å². The standard InChI is InChI=1S/C22H24F2O3/c1-3-15-5-11-19(27-13-15)16-6-9-18(10-7-16)26-14-17-8-12-20(25-4-2)22(24)21(17)23/h3,6-10,12,15,19H,1,4-5,11,13-14H2,2H3. The van der Waals surface area contributed by atoms with Gasteiger partial charge in [-0.3, -0.25) is 0 Å². The molecule has 2 aromatic rings. The normalized spacial score (nSPS) is 19.5. The maximum Gasteiger partial charge on any atom is 0.201 e. The molecule has 2 aromatic carbocycles. The van der Waals surface area contributed by atoms with E-state index in [1.165, 1.54) is 12.1 Å². The summed E-state index contributed by atoms with van der Waals surface area (Å²) in [6, 6.07) is 10.4. The molecule has 1 aliphatic heterocycles. The zero-order valence-corrected chi connectivity index (χ0v) is 15.4. The Balaban J connectivity index is 1.59. The summed E-state index contributed by atoms with van der Waals surface area (Å²) in [6.07, 6.45) is 4.03. The van der Waals surface area contributed by atoms with Crippen molar-refractivity contribution in [2.24, 2.45) is 5.92 Å². The average Bonchev–Trinajstić information content (AvgIpc) is 2.71. The van der Waals surface area contributed by atoms with Crippen molar-refractivity contribution < 1.29 is 23.0 Å². The molecule has 0 spiro atoms. The highest BCUT2D eigenvalue weighted by Gasteiger charge is 2.21. The van der Waals surface area contributed by atoms with E-state index >= 15 is 0 Å². The number of benzene rings is 2. The van der Waals surface area contributed by atoms with Gasteiger partial charge in [0.25, 0.3) is 0 Å². The molecule has 2 atom stereocenters. The van der Waals surface area contributed by atoms with Crippen molar-refractivity contribution >= 4 is 0 Å². The van der Waals surface area contributed by atoms with Crippen LogP contribution in [0.4, 0.5) is 8.78 Å². The molecule has 0 N–H and O–H groups in total. The van der Waals surface area contributed by atoms with Crippen LogP contribution in [0.25, 0.3) is 0 Å². The summed E-state index contributed by atoms with van der Waals surface area (Å²) in [5.41, 5.74) is 1.23. The predicted molar refractivity (Wildman–Crippen MR) is 99.9 cm³/mol. The second-order valence-corrected chi connectivity index (χ2v) is 6.54. The molecule has 2 unspecified atom stereocenters. The van der Waals surface area contributed by atoms with Gasteiger partial charge in [-0.15, -0.1) is 6.58 Å². The van der Waals surface area contributed by atoms with E-state index in [0.717, 1.165) is 18.4 Å². The second-order valence-electron chi connectivity index (χ2n) is 6.54. The number of ether oxygens (including phenoxy) is 3. The highest BCUT2D eigenvalue weighted by Crippen LogP contribution is 2.32. The van der Waals surface area contributed by atoms with Crippen molar-refractivity contribution in [3.05, 3.63) is 71.8 Å². The van der Waals surface area contributed by atoms with Crippen LogP contribution in [0.15, 0.2) is 49.1 Å². The van der Waals surface area contributed by atoms with Crippen LogP contribution < -0.4 is 9.47 Å². The molecule has 144 valence electrons. The molecule has 0 amide bonds. The Kier molecular flexibility index (Phi) is 6.45. The molecule has 0 aliphatic carbocycles. The van der Waals surface area contributed by atoms with E-state index in [2.05, 4.69) is 6.58 Å². The number of hydrogen-bond donors (Lipinski definition) is 0. The predicted octanol–water partition coefficient (Wildman–Crippen LogP) is 5.60. The van der Waals surface area contributed by atoms with Crippen molar-refractivity contribution in [1.29, 1.82) is 0 Å². The lowest BCUT2D eigenvalue weighted by Crippen LogP contribution is -2.19. The minimum atomic E-state index is -0.986. The van der Waals surface area contributed by atoms with Crippen LogP contribution in [-0.2, 0) is 11.3 Å². The first-order valence-corrected chi connectivity index (χ1v) is 9.19. The van der Waals surface area contributed by atoms with Gasteiger partial charge < -0.3 is 14.2 Å². The third-order valence-electron chi connectivity index (χ3n) is 4.72. The molecule has 0 radical (unpaired) electrons. The van der Waals surface area contributed by atoms with Gasteiger partial charge in [0, 0.05) is 11.5 Å². The summed E-state index contributed by atoms with van der Waals surface area (Å²) in [7, 11) is 0. The lowest BCUT2D eigenvalue weighted by molar-refractivity contribution is -0.00516. The topological polar surface area (TPSA) is 27.7 Å². The summed E-state index contributed by atoms with van der Waals surface area (Å²) in [6.45, 7) is 6.43. The Bertz CT molecular complexity index is 766. The fraction of sp³-hybridized carbons (Fsp3) is 0.364. The van der Waals surface area contributed by atoms with Crippen molar-refractivity contribution in [1.82, 2.24) is 0 Å². The van der Waals surface area contributed by atoms with Crippen molar-refractivity contribution in [3.63, 3.8) is 0 Å². The first-order valence-electron chi connectivity index (χ1n) is 9.19. The van der Waals surface area contributed by atoms with Gasteiger partial charge >= 0.3 is 0 Å². The van der Waals surface area contributed by atoms with Gasteiger partial charge in [0.15, 0.2) is 11.6 Å². The molecule has 27 heavy (non-hydrogen) atoms. The maximum absolute atomic E-state index is 14.1. The summed E-state index contributed by atoms with van der Waals surface area (Å²) >= 11 is 0. The van der Waals surface area contributed by atoms with E-state index in [1.807, 2.05) is 30.3 Å². The molecule has 5 heteroatoms. The average molecular weight is 374 g/mol. The summed E-state index contributed by atoms with van der Waals surface area (Å²) in [5, 5.41) is 0. The van der Waals surface area contributed by atoms with Crippen molar-refractivity contribution in [2.45, 2.75) is 32.5 Å². The SMILES string of the molecule is C=CC1CCC(c2ccc(OCc3ccc(OCC)c(F)c3F)cc2)OC1. The third kappa shape index (κ3) is 4.66. The first-order chi connectivity index (χ1) is 13.1. The fourth-order valence-electron chi connectivity index (χ4n) is 3.11. The van der Waals surface area contributed by atoms with Gasteiger partial charge in [0.05, 0.1) is 19.3 Å². The smallest absolute Gasteiger partial charge is 0.201 e. The molecule has 1 saturated heterocycles. The summed E-state index contributed by atoms with van der Waals surface area (Å²) in [5.74, 6) is -1.000. The molecule has 3 rings (SSSR count).